The summed E-state index contributed by atoms with van der Waals surface area (Å²) >= 11 is 0. The topological polar surface area (TPSA) is 86.1 Å². The van der Waals surface area contributed by atoms with Gasteiger partial charge in [-0.3, -0.25) is 9.48 Å². The Kier molecular flexibility index (Phi) is 3.25. The van der Waals surface area contributed by atoms with E-state index < -0.39 is 0 Å². The molecule has 3 aromatic heterocycles. The maximum Gasteiger partial charge on any atom is 0.273 e. The zero-order chi connectivity index (χ0) is 15.8. The van der Waals surface area contributed by atoms with Gasteiger partial charge in [-0.25, -0.2) is 0 Å². The van der Waals surface area contributed by atoms with Crippen LogP contribution in [0.15, 0.2) is 39.6 Å². The van der Waals surface area contributed by atoms with Gasteiger partial charge in [0.1, 0.15) is 0 Å². The van der Waals surface area contributed by atoms with Crippen LogP contribution in [0.3, 0.4) is 0 Å². The second kappa shape index (κ2) is 5.42. The van der Waals surface area contributed by atoms with Gasteiger partial charge in [0.25, 0.3) is 5.91 Å². The molecule has 0 fully saturated rings. The van der Waals surface area contributed by atoms with Gasteiger partial charge in [0.05, 0.1) is 18.5 Å². The highest BCUT2D eigenvalue weighted by molar-refractivity contribution is 5.93. The Morgan fingerprint density at radius 3 is 3.17 bits per heavy atom. The van der Waals surface area contributed by atoms with Crippen LogP contribution in [-0.2, 0) is 13.5 Å². The molecule has 1 N–H and O–H groups in total. The van der Waals surface area contributed by atoms with E-state index in [4.69, 9.17) is 8.94 Å². The molecule has 1 atom stereocenters. The number of hydrogen-bond donors (Lipinski definition) is 1. The van der Waals surface area contributed by atoms with Crippen molar-refractivity contribution in [3.05, 3.63) is 47.6 Å². The molecule has 0 aliphatic heterocycles. The molecular weight excluding hydrogens is 296 g/mol. The van der Waals surface area contributed by atoms with Crippen molar-refractivity contribution in [3.8, 4) is 11.5 Å². The predicted molar refractivity (Wildman–Crippen MR) is 80.6 cm³/mol. The van der Waals surface area contributed by atoms with E-state index in [1.54, 1.807) is 24.5 Å². The molecule has 7 heteroatoms. The van der Waals surface area contributed by atoms with E-state index in [0.29, 0.717) is 11.5 Å². The Labute approximate surface area is 132 Å². The van der Waals surface area contributed by atoms with E-state index in [-0.39, 0.29) is 17.6 Å². The Balaban J connectivity index is 1.53. The first kappa shape index (κ1) is 13.8. The fraction of sp³-hybridized carbons (Fsp3) is 0.312. The van der Waals surface area contributed by atoms with Crippen molar-refractivity contribution in [2.24, 2.45) is 7.05 Å². The van der Waals surface area contributed by atoms with Crippen molar-refractivity contribution in [1.29, 1.82) is 0 Å². The van der Waals surface area contributed by atoms with Gasteiger partial charge in [0, 0.05) is 24.4 Å². The molecule has 7 nitrogen and oxygen atoms in total. The second-order valence-electron chi connectivity index (χ2n) is 5.64. The van der Waals surface area contributed by atoms with E-state index in [1.165, 1.54) is 5.69 Å². The number of hydrogen-bond acceptors (Lipinski definition) is 5. The van der Waals surface area contributed by atoms with Crippen molar-refractivity contribution < 1.29 is 13.7 Å². The van der Waals surface area contributed by atoms with Crippen LogP contribution in [0, 0.1) is 0 Å². The Hall–Kier alpha value is -2.83. The molecule has 1 aliphatic carbocycles. The van der Waals surface area contributed by atoms with Crippen LogP contribution >= 0.6 is 0 Å². The van der Waals surface area contributed by atoms with Crippen molar-refractivity contribution in [1.82, 2.24) is 20.3 Å². The summed E-state index contributed by atoms with van der Waals surface area (Å²) in [5.41, 5.74) is 2.51. The minimum Gasteiger partial charge on any atom is -0.461 e. The van der Waals surface area contributed by atoms with Gasteiger partial charge in [-0.2, -0.15) is 5.10 Å². The summed E-state index contributed by atoms with van der Waals surface area (Å²) in [5.74, 6) is 0.725. The third-order valence-corrected chi connectivity index (χ3v) is 4.19. The molecule has 3 aromatic rings. The van der Waals surface area contributed by atoms with E-state index in [2.05, 4.69) is 15.6 Å². The van der Waals surface area contributed by atoms with Gasteiger partial charge in [-0.1, -0.05) is 5.16 Å². The third kappa shape index (κ3) is 2.44. The van der Waals surface area contributed by atoms with Crippen molar-refractivity contribution in [2.45, 2.75) is 25.3 Å². The molecule has 0 saturated carbocycles. The molecule has 4 rings (SSSR count). The molecule has 0 radical (unpaired) electrons. The average Bonchev–Trinajstić information content (AvgIpc) is 3.28. The lowest BCUT2D eigenvalue weighted by Crippen LogP contribution is -2.31. The third-order valence-electron chi connectivity index (χ3n) is 4.19. The van der Waals surface area contributed by atoms with Crippen LogP contribution in [-0.4, -0.2) is 20.8 Å². The zero-order valence-electron chi connectivity index (χ0n) is 12.7. The smallest absolute Gasteiger partial charge is 0.273 e. The van der Waals surface area contributed by atoms with Crippen LogP contribution in [0.5, 0.6) is 0 Å². The molecule has 23 heavy (non-hydrogen) atoms. The number of nitrogens with zero attached hydrogens (tertiary/aromatic N) is 3. The quantitative estimate of drug-likeness (QED) is 0.803. The largest absolute Gasteiger partial charge is 0.461 e. The van der Waals surface area contributed by atoms with E-state index >= 15 is 0 Å². The maximum absolute atomic E-state index is 12.4. The molecular formula is C16H16N4O3. The number of fused-ring (bicyclic) bond motifs is 1. The number of furan rings is 1. The molecule has 1 aliphatic rings. The van der Waals surface area contributed by atoms with Gasteiger partial charge in [-0.15, -0.1) is 0 Å². The summed E-state index contributed by atoms with van der Waals surface area (Å²) in [4.78, 5) is 12.4. The lowest BCUT2D eigenvalue weighted by molar-refractivity contribution is 0.0923. The Morgan fingerprint density at radius 2 is 2.35 bits per heavy atom. The lowest BCUT2D eigenvalue weighted by Gasteiger charge is -2.23. The number of carbonyl (C=O) groups excluding carboxylic acids is 1. The molecule has 0 saturated heterocycles. The number of aryl methyl sites for hydroxylation is 1. The van der Waals surface area contributed by atoms with Gasteiger partial charge < -0.3 is 14.3 Å². The number of aromatic nitrogens is 3. The van der Waals surface area contributed by atoms with Crippen molar-refractivity contribution >= 4 is 5.91 Å². The number of amides is 1. The van der Waals surface area contributed by atoms with Crippen LogP contribution in [0.1, 0.15) is 40.6 Å². The van der Waals surface area contributed by atoms with Crippen LogP contribution in [0.2, 0.25) is 0 Å². The molecule has 118 valence electrons. The van der Waals surface area contributed by atoms with E-state index in [1.807, 2.05) is 17.9 Å². The van der Waals surface area contributed by atoms with E-state index in [9.17, 15) is 4.79 Å². The first-order valence-corrected chi connectivity index (χ1v) is 7.54. The summed E-state index contributed by atoms with van der Waals surface area (Å²) in [6, 6.07) is 5.05. The highest BCUT2D eigenvalue weighted by atomic mass is 16.5. The van der Waals surface area contributed by atoms with Crippen LogP contribution < -0.4 is 5.32 Å². The fourth-order valence-electron chi connectivity index (χ4n) is 3.01. The van der Waals surface area contributed by atoms with Gasteiger partial charge in [0.2, 0.25) is 5.76 Å². The molecule has 0 unspecified atom stereocenters. The molecule has 0 spiro atoms. The summed E-state index contributed by atoms with van der Waals surface area (Å²) in [7, 11) is 1.93. The van der Waals surface area contributed by atoms with Gasteiger partial charge in [-0.05, 0) is 31.4 Å². The summed E-state index contributed by atoms with van der Waals surface area (Å²) in [6.45, 7) is 0. The SMILES string of the molecule is Cn1ncc2c1CCC[C@@H]2NC(=O)c1cc(-c2ccco2)on1. The number of nitrogens with one attached hydrogen (secondary N) is 1. The lowest BCUT2D eigenvalue weighted by atomic mass is 9.93. The monoisotopic (exact) mass is 312 g/mol. The first-order valence-electron chi connectivity index (χ1n) is 7.54. The maximum atomic E-state index is 12.4. The molecule has 3 heterocycles. The van der Waals surface area contributed by atoms with Gasteiger partial charge >= 0.3 is 0 Å². The Bertz CT molecular complexity index is 832. The van der Waals surface area contributed by atoms with E-state index in [0.717, 1.165) is 24.8 Å². The summed E-state index contributed by atoms with van der Waals surface area (Å²) in [6.07, 6.45) is 6.28. The zero-order valence-corrected chi connectivity index (χ0v) is 12.7. The first-order chi connectivity index (χ1) is 11.2. The minimum atomic E-state index is -0.256. The molecule has 0 aromatic carbocycles. The van der Waals surface area contributed by atoms with Crippen LogP contribution in [0.25, 0.3) is 11.5 Å². The van der Waals surface area contributed by atoms with Crippen LogP contribution in [0.4, 0.5) is 0 Å². The fourth-order valence-corrected chi connectivity index (χ4v) is 3.01. The number of rotatable bonds is 3. The Morgan fingerprint density at radius 1 is 1.43 bits per heavy atom. The summed E-state index contributed by atoms with van der Waals surface area (Å²) < 4.78 is 12.3. The normalized spacial score (nSPS) is 17.0. The van der Waals surface area contributed by atoms with Gasteiger partial charge in [0.15, 0.2) is 11.5 Å². The highest BCUT2D eigenvalue weighted by Gasteiger charge is 2.26. The molecule has 1 amide bonds. The highest BCUT2D eigenvalue weighted by Crippen LogP contribution is 2.29. The second-order valence-corrected chi connectivity index (χ2v) is 5.64. The standard InChI is InChI=1S/C16H16N4O3/c1-20-13-5-2-4-11(10(13)9-17-20)18-16(21)12-8-15(23-19-12)14-6-3-7-22-14/h3,6-9,11H,2,4-5H2,1H3,(H,18,21)/t11-/m0/s1. The number of carbonyl (C=O) groups is 1. The minimum absolute atomic E-state index is 0.0382. The average molecular weight is 312 g/mol. The van der Waals surface area contributed by atoms with Crippen molar-refractivity contribution in [2.75, 3.05) is 0 Å². The summed E-state index contributed by atoms with van der Waals surface area (Å²) in [5, 5.41) is 11.1. The van der Waals surface area contributed by atoms with Crippen molar-refractivity contribution in [3.63, 3.8) is 0 Å². The molecule has 0 bridgehead atoms. The predicted octanol–water partition coefficient (Wildman–Crippen LogP) is 2.48.